The van der Waals surface area contributed by atoms with Crippen LogP contribution in [-0.4, -0.2) is 21.9 Å². The van der Waals surface area contributed by atoms with Gasteiger partial charge in [-0.2, -0.15) is 5.23 Å². The smallest absolute Gasteiger partial charge is 0.173 e. The number of Topliss-reactive ketones (excluding diaryl/α,β-unsaturated/α-hetero) is 1. The van der Waals surface area contributed by atoms with E-state index in [1.165, 1.54) is 18.2 Å². The first kappa shape index (κ1) is 18.7. The quantitative estimate of drug-likeness (QED) is 0.317. The number of carbonyl (C=O) groups is 1. The lowest BCUT2D eigenvalue weighted by atomic mass is 10.1. The molecule has 0 heterocycles. The van der Waals surface area contributed by atoms with Crippen molar-refractivity contribution in [2.24, 2.45) is 10.7 Å². The summed E-state index contributed by atoms with van der Waals surface area (Å²) in [4.78, 5) is 16.2. The fourth-order valence-corrected chi connectivity index (χ4v) is 2.67. The van der Waals surface area contributed by atoms with E-state index in [9.17, 15) is 10.0 Å². The monoisotopic (exact) mass is 385 g/mol. The lowest BCUT2D eigenvalue weighted by Gasteiger charge is -2.11. The minimum Gasteiger partial charge on any atom is -0.595 e. The highest BCUT2D eigenvalue weighted by Crippen LogP contribution is 2.23. The molecule has 9 heteroatoms. The number of quaternary nitrogens is 1. The van der Waals surface area contributed by atoms with Gasteiger partial charge < -0.3 is 10.9 Å². The van der Waals surface area contributed by atoms with E-state index in [0.717, 1.165) is 11.8 Å². The molecule has 0 saturated heterocycles. The lowest BCUT2D eigenvalue weighted by molar-refractivity contribution is -0.991. The van der Waals surface area contributed by atoms with Crippen LogP contribution in [-0.2, 0) is 0 Å². The van der Waals surface area contributed by atoms with E-state index < -0.39 is 5.23 Å². The van der Waals surface area contributed by atoms with Crippen LogP contribution in [0.3, 0.4) is 0 Å². The first-order chi connectivity index (χ1) is 11.4. The molecule has 0 bridgehead atoms. The van der Waals surface area contributed by atoms with Gasteiger partial charge in [-0.1, -0.05) is 41.0 Å². The number of nitrogens with one attached hydrogen (secondary N) is 1. The third kappa shape index (κ3) is 5.20. The van der Waals surface area contributed by atoms with Gasteiger partial charge in [0.25, 0.3) is 0 Å². The van der Waals surface area contributed by atoms with Crippen molar-refractivity contribution in [2.45, 2.75) is 0 Å². The summed E-state index contributed by atoms with van der Waals surface area (Å²) in [5, 5.41) is 19.6. The van der Waals surface area contributed by atoms with Gasteiger partial charge in [-0.05, 0) is 24.3 Å². The number of halogens is 2. The Morgan fingerprint density at radius 1 is 1.25 bits per heavy atom. The summed E-state index contributed by atoms with van der Waals surface area (Å²) < 4.78 is 0. The minimum absolute atomic E-state index is 0.0753. The summed E-state index contributed by atoms with van der Waals surface area (Å²) in [6.07, 6.45) is 0. The molecule has 1 unspecified atom stereocenters. The Hall–Kier alpha value is -1.61. The van der Waals surface area contributed by atoms with Crippen molar-refractivity contribution in [2.75, 3.05) is 5.75 Å². The SMILES string of the molecule is NC(=Nc1cccc([NH+]([O-])O)c1)SCC(=O)c1ccc(Cl)c(Cl)c1. The third-order valence-corrected chi connectivity index (χ3v) is 4.46. The number of aliphatic imine (C=N–C) groups is 1. The topological polar surface area (TPSA) is 103 Å². The second-order valence-corrected chi connectivity index (χ2v) is 6.46. The molecular formula is C15H13Cl2N3O3S. The summed E-state index contributed by atoms with van der Waals surface area (Å²) >= 11 is 12.7. The Labute approximate surface area is 152 Å². The molecule has 0 saturated carbocycles. The Bertz CT molecular complexity index is 784. The van der Waals surface area contributed by atoms with Gasteiger partial charge in [0.05, 0.1) is 21.5 Å². The van der Waals surface area contributed by atoms with Crippen LogP contribution in [0.1, 0.15) is 10.4 Å². The number of ketones is 1. The van der Waals surface area contributed by atoms with Gasteiger partial charge in [-0.25, -0.2) is 10.2 Å². The number of thioether (sulfide) groups is 1. The predicted molar refractivity (Wildman–Crippen MR) is 96.8 cm³/mol. The van der Waals surface area contributed by atoms with Crippen LogP contribution >= 0.6 is 35.0 Å². The lowest BCUT2D eigenvalue weighted by Crippen LogP contribution is -2.99. The zero-order valence-electron chi connectivity index (χ0n) is 12.2. The second kappa shape index (κ2) is 8.48. The van der Waals surface area contributed by atoms with E-state index in [2.05, 4.69) is 4.99 Å². The Kier molecular flexibility index (Phi) is 6.61. The molecule has 0 aromatic heterocycles. The highest BCUT2D eigenvalue weighted by Gasteiger charge is 2.10. The highest BCUT2D eigenvalue weighted by molar-refractivity contribution is 8.14. The number of nitrogens with two attached hydrogens (primary N) is 1. The highest BCUT2D eigenvalue weighted by atomic mass is 35.5. The van der Waals surface area contributed by atoms with Gasteiger partial charge in [0.2, 0.25) is 0 Å². The molecule has 0 amide bonds. The molecule has 0 radical (unpaired) electrons. The zero-order chi connectivity index (χ0) is 17.7. The van der Waals surface area contributed by atoms with Crippen LogP contribution in [0.15, 0.2) is 47.5 Å². The van der Waals surface area contributed by atoms with Crippen molar-refractivity contribution in [1.82, 2.24) is 0 Å². The van der Waals surface area contributed by atoms with E-state index in [1.807, 2.05) is 0 Å². The number of nitrogens with zero attached hydrogens (tertiary/aromatic N) is 1. The minimum atomic E-state index is -1.05. The Morgan fingerprint density at radius 2 is 2.00 bits per heavy atom. The molecule has 2 aromatic rings. The standard InChI is InChI=1S/C15H13Cl2N3O3S/c16-12-5-4-9(6-13(12)17)14(21)8-24-15(18)19-10-2-1-3-11(7-10)20(22)23/h1-7,20,22H,8H2,(H2,18,19). The molecule has 4 N–H and O–H groups in total. The average Bonchev–Trinajstić information content (AvgIpc) is 2.55. The largest absolute Gasteiger partial charge is 0.595 e. The Balaban J connectivity index is 2.01. The number of hydrogen-bond acceptors (Lipinski definition) is 5. The molecule has 126 valence electrons. The third-order valence-electron chi connectivity index (χ3n) is 2.93. The maximum atomic E-state index is 12.1. The first-order valence-electron chi connectivity index (χ1n) is 6.65. The molecule has 0 aliphatic heterocycles. The van der Waals surface area contributed by atoms with Gasteiger partial charge in [0.1, 0.15) is 0 Å². The molecule has 6 nitrogen and oxygen atoms in total. The number of carbonyl (C=O) groups excluding carboxylic acids is 1. The summed E-state index contributed by atoms with van der Waals surface area (Å²) in [7, 11) is 0. The fraction of sp³-hybridized carbons (Fsp3) is 0.0667. The number of hydrogen-bond donors (Lipinski definition) is 3. The van der Waals surface area contributed by atoms with Crippen LogP contribution < -0.4 is 11.0 Å². The maximum Gasteiger partial charge on any atom is 0.173 e. The Morgan fingerprint density at radius 3 is 2.67 bits per heavy atom. The van der Waals surface area contributed by atoms with Gasteiger partial charge in [0.15, 0.2) is 16.6 Å². The van der Waals surface area contributed by atoms with Crippen molar-refractivity contribution in [3.63, 3.8) is 0 Å². The van der Waals surface area contributed by atoms with Gasteiger partial charge in [-0.3, -0.25) is 4.79 Å². The van der Waals surface area contributed by atoms with Gasteiger partial charge in [0, 0.05) is 17.7 Å². The second-order valence-electron chi connectivity index (χ2n) is 4.65. The van der Waals surface area contributed by atoms with Crippen molar-refractivity contribution in [3.8, 4) is 0 Å². The van der Waals surface area contributed by atoms with E-state index in [4.69, 9.17) is 34.1 Å². The van der Waals surface area contributed by atoms with E-state index in [-0.39, 0.29) is 22.4 Å². The molecule has 24 heavy (non-hydrogen) atoms. The number of rotatable bonds is 5. The molecule has 1 atom stereocenters. The van der Waals surface area contributed by atoms with E-state index in [1.54, 1.807) is 24.3 Å². The average molecular weight is 386 g/mol. The van der Waals surface area contributed by atoms with E-state index >= 15 is 0 Å². The number of benzene rings is 2. The van der Waals surface area contributed by atoms with E-state index in [0.29, 0.717) is 21.3 Å². The van der Waals surface area contributed by atoms with Gasteiger partial charge >= 0.3 is 0 Å². The van der Waals surface area contributed by atoms with Crippen LogP contribution in [0.4, 0.5) is 11.4 Å². The summed E-state index contributed by atoms with van der Waals surface area (Å²) in [5.41, 5.74) is 6.72. The zero-order valence-corrected chi connectivity index (χ0v) is 14.5. The van der Waals surface area contributed by atoms with Crippen LogP contribution in [0.25, 0.3) is 0 Å². The molecule has 0 aliphatic carbocycles. The fourth-order valence-electron chi connectivity index (χ4n) is 1.76. The van der Waals surface area contributed by atoms with Crippen molar-refractivity contribution >= 4 is 57.3 Å². The molecule has 0 aliphatic rings. The molecule has 0 fully saturated rings. The maximum absolute atomic E-state index is 12.1. The normalized spacial score (nSPS) is 12.9. The van der Waals surface area contributed by atoms with Crippen LogP contribution in [0, 0.1) is 5.21 Å². The molecule has 2 aromatic carbocycles. The summed E-state index contributed by atoms with van der Waals surface area (Å²) in [6, 6.07) is 10.7. The molecule has 0 spiro atoms. The molecule has 2 rings (SSSR count). The summed E-state index contributed by atoms with van der Waals surface area (Å²) in [5.74, 6) is -0.0951. The van der Waals surface area contributed by atoms with Crippen molar-refractivity contribution in [3.05, 3.63) is 63.3 Å². The summed E-state index contributed by atoms with van der Waals surface area (Å²) in [6.45, 7) is 0. The predicted octanol–water partition coefficient (Wildman–Crippen LogP) is 2.96. The number of amidine groups is 1. The molecular weight excluding hydrogens is 373 g/mol. The van der Waals surface area contributed by atoms with Crippen molar-refractivity contribution < 1.29 is 15.2 Å². The van der Waals surface area contributed by atoms with Crippen LogP contribution in [0.5, 0.6) is 0 Å². The first-order valence-corrected chi connectivity index (χ1v) is 8.39. The van der Waals surface area contributed by atoms with Crippen LogP contribution in [0.2, 0.25) is 10.0 Å². The van der Waals surface area contributed by atoms with Crippen molar-refractivity contribution in [1.29, 1.82) is 0 Å². The van der Waals surface area contributed by atoms with Gasteiger partial charge in [-0.15, -0.1) is 0 Å².